The van der Waals surface area contributed by atoms with Crippen molar-refractivity contribution in [2.45, 2.75) is 18.8 Å². The van der Waals surface area contributed by atoms with Crippen LogP contribution >= 0.6 is 15.9 Å². The lowest BCUT2D eigenvalue weighted by atomic mass is 9.99. The molecule has 1 fully saturated rings. The molecule has 1 heterocycles. The van der Waals surface area contributed by atoms with Crippen molar-refractivity contribution < 1.29 is 9.90 Å². The van der Waals surface area contributed by atoms with Crippen LogP contribution in [0.25, 0.3) is 0 Å². The van der Waals surface area contributed by atoms with Crippen molar-refractivity contribution in [3.05, 3.63) is 34.3 Å². The van der Waals surface area contributed by atoms with Crippen LogP contribution in [0.5, 0.6) is 0 Å². The van der Waals surface area contributed by atoms with Gasteiger partial charge in [0.15, 0.2) is 0 Å². The third-order valence-corrected chi connectivity index (χ3v) is 3.74. The second-order valence-electron chi connectivity index (χ2n) is 4.45. The highest BCUT2D eigenvalue weighted by Crippen LogP contribution is 2.22. The zero-order valence-corrected chi connectivity index (χ0v) is 11.2. The normalized spacial score (nSPS) is 18.2. The lowest BCUT2D eigenvalue weighted by Gasteiger charge is -2.20. The summed E-state index contributed by atoms with van der Waals surface area (Å²) in [5.41, 5.74) is 0.882. The number of hydrogen-bond donors (Lipinski definition) is 1. The maximum absolute atomic E-state index is 11.3. The van der Waals surface area contributed by atoms with E-state index in [1.54, 1.807) is 0 Å². The zero-order chi connectivity index (χ0) is 12.3. The molecule has 0 aromatic heterocycles. The van der Waals surface area contributed by atoms with E-state index < -0.39 is 11.9 Å². The number of hydrogen-bond acceptors (Lipinski definition) is 2. The first-order valence-electron chi connectivity index (χ1n) is 5.87. The Morgan fingerprint density at radius 1 is 1.29 bits per heavy atom. The molecule has 1 saturated heterocycles. The Kier molecular flexibility index (Phi) is 4.18. The molecule has 0 saturated carbocycles. The van der Waals surface area contributed by atoms with E-state index in [4.69, 9.17) is 0 Å². The maximum atomic E-state index is 11.3. The summed E-state index contributed by atoms with van der Waals surface area (Å²) in [6, 6.07) is 7.57. The van der Waals surface area contributed by atoms with E-state index in [9.17, 15) is 9.90 Å². The summed E-state index contributed by atoms with van der Waals surface area (Å²) in [7, 11) is 0. The van der Waals surface area contributed by atoms with Gasteiger partial charge in [-0.1, -0.05) is 28.1 Å². The molecule has 92 valence electrons. The van der Waals surface area contributed by atoms with Crippen LogP contribution in [0.3, 0.4) is 0 Å². The van der Waals surface area contributed by atoms with Gasteiger partial charge in [0, 0.05) is 11.0 Å². The van der Waals surface area contributed by atoms with Crippen LogP contribution in [0.2, 0.25) is 0 Å². The third-order valence-electron chi connectivity index (χ3n) is 3.21. The third kappa shape index (κ3) is 3.30. The first-order valence-corrected chi connectivity index (χ1v) is 6.67. The number of carboxylic acids is 1. The Bertz CT molecular complexity index is 385. The van der Waals surface area contributed by atoms with Crippen molar-refractivity contribution in [2.24, 2.45) is 0 Å². The molecule has 1 aromatic carbocycles. The van der Waals surface area contributed by atoms with Crippen molar-refractivity contribution in [3.8, 4) is 0 Å². The van der Waals surface area contributed by atoms with Crippen molar-refractivity contribution in [3.63, 3.8) is 0 Å². The lowest BCUT2D eigenvalue weighted by Crippen LogP contribution is -2.29. The van der Waals surface area contributed by atoms with Gasteiger partial charge in [0.2, 0.25) is 0 Å². The van der Waals surface area contributed by atoms with Crippen LogP contribution in [-0.2, 0) is 4.79 Å². The fourth-order valence-electron chi connectivity index (χ4n) is 2.24. The van der Waals surface area contributed by atoms with Crippen molar-refractivity contribution in [2.75, 3.05) is 19.6 Å². The Balaban J connectivity index is 2.10. The predicted molar refractivity (Wildman–Crippen MR) is 70.2 cm³/mol. The van der Waals surface area contributed by atoms with Gasteiger partial charge in [-0.3, -0.25) is 4.79 Å². The highest BCUT2D eigenvalue weighted by Gasteiger charge is 2.24. The summed E-state index contributed by atoms with van der Waals surface area (Å²) in [4.78, 5) is 13.6. The predicted octanol–water partition coefficient (Wildman–Crippen LogP) is 2.71. The number of halogens is 1. The molecule has 4 heteroatoms. The summed E-state index contributed by atoms with van der Waals surface area (Å²) in [6.45, 7) is 2.68. The van der Waals surface area contributed by atoms with Crippen molar-refractivity contribution in [1.82, 2.24) is 4.90 Å². The van der Waals surface area contributed by atoms with E-state index in [0.717, 1.165) is 23.1 Å². The summed E-state index contributed by atoms with van der Waals surface area (Å²) in [5.74, 6) is -1.15. The molecule has 1 atom stereocenters. The Morgan fingerprint density at radius 3 is 2.41 bits per heavy atom. The highest BCUT2D eigenvalue weighted by molar-refractivity contribution is 9.10. The van der Waals surface area contributed by atoms with Crippen LogP contribution < -0.4 is 0 Å². The van der Waals surface area contributed by atoms with Gasteiger partial charge in [-0.25, -0.2) is 0 Å². The first-order chi connectivity index (χ1) is 8.16. The summed E-state index contributed by atoms with van der Waals surface area (Å²) >= 11 is 3.36. The minimum Gasteiger partial charge on any atom is -0.481 e. The van der Waals surface area contributed by atoms with Gasteiger partial charge in [-0.15, -0.1) is 0 Å². The average molecular weight is 298 g/mol. The van der Waals surface area contributed by atoms with Gasteiger partial charge >= 0.3 is 5.97 Å². The molecule has 1 unspecified atom stereocenters. The number of rotatable bonds is 4. The summed E-state index contributed by atoms with van der Waals surface area (Å²) in [6.07, 6.45) is 2.37. The molecule has 0 amide bonds. The largest absolute Gasteiger partial charge is 0.481 e. The van der Waals surface area contributed by atoms with Gasteiger partial charge in [-0.05, 0) is 43.6 Å². The van der Waals surface area contributed by atoms with Gasteiger partial charge in [0.1, 0.15) is 0 Å². The molecule has 1 aliphatic heterocycles. The van der Waals surface area contributed by atoms with Crippen LogP contribution in [0, 0.1) is 0 Å². The van der Waals surface area contributed by atoms with Crippen LogP contribution in [0.1, 0.15) is 24.3 Å². The fraction of sp³-hybridized carbons (Fsp3) is 0.462. The Labute approximate surface area is 110 Å². The van der Waals surface area contributed by atoms with Crippen LogP contribution in [-0.4, -0.2) is 35.6 Å². The van der Waals surface area contributed by atoms with Gasteiger partial charge in [0.05, 0.1) is 5.92 Å². The average Bonchev–Trinajstić information content (AvgIpc) is 2.80. The smallest absolute Gasteiger partial charge is 0.312 e. The Morgan fingerprint density at radius 2 is 1.88 bits per heavy atom. The standard InChI is InChI=1S/C13H16BrNO2/c14-11-5-3-10(4-6-11)12(13(16)17)9-15-7-1-2-8-15/h3-6,12H,1-2,7-9H2,(H,16,17). The van der Waals surface area contributed by atoms with E-state index in [-0.39, 0.29) is 0 Å². The van der Waals surface area contributed by atoms with Crippen molar-refractivity contribution >= 4 is 21.9 Å². The second-order valence-corrected chi connectivity index (χ2v) is 5.37. The molecule has 0 aliphatic carbocycles. The Hall–Kier alpha value is -0.870. The number of aliphatic carboxylic acids is 1. The number of benzene rings is 1. The molecular formula is C13H16BrNO2. The van der Waals surface area contributed by atoms with E-state index in [0.29, 0.717) is 6.54 Å². The first kappa shape index (κ1) is 12.6. The second kappa shape index (κ2) is 5.65. The molecule has 1 N–H and O–H groups in total. The van der Waals surface area contributed by atoms with Crippen LogP contribution in [0.4, 0.5) is 0 Å². The SMILES string of the molecule is O=C(O)C(CN1CCCC1)c1ccc(Br)cc1. The number of carboxylic acid groups (broad SMARTS) is 1. The summed E-state index contributed by atoms with van der Waals surface area (Å²) in [5, 5.41) is 9.32. The summed E-state index contributed by atoms with van der Waals surface area (Å²) < 4.78 is 0.978. The maximum Gasteiger partial charge on any atom is 0.312 e. The lowest BCUT2D eigenvalue weighted by molar-refractivity contribution is -0.139. The number of carbonyl (C=O) groups is 1. The molecule has 0 radical (unpaired) electrons. The zero-order valence-electron chi connectivity index (χ0n) is 9.60. The molecule has 2 rings (SSSR count). The minimum absolute atomic E-state index is 0.416. The van der Waals surface area contributed by atoms with Gasteiger partial charge in [0.25, 0.3) is 0 Å². The van der Waals surface area contributed by atoms with Gasteiger partial charge in [-0.2, -0.15) is 0 Å². The van der Waals surface area contributed by atoms with E-state index in [1.165, 1.54) is 12.8 Å². The highest BCUT2D eigenvalue weighted by atomic mass is 79.9. The molecule has 0 spiro atoms. The number of nitrogens with zero attached hydrogens (tertiary/aromatic N) is 1. The topological polar surface area (TPSA) is 40.5 Å². The molecule has 1 aromatic rings. The molecule has 0 bridgehead atoms. The molecular weight excluding hydrogens is 282 g/mol. The number of likely N-dealkylation sites (tertiary alicyclic amines) is 1. The molecule has 1 aliphatic rings. The molecule has 17 heavy (non-hydrogen) atoms. The van der Waals surface area contributed by atoms with E-state index in [1.807, 2.05) is 24.3 Å². The van der Waals surface area contributed by atoms with Crippen LogP contribution in [0.15, 0.2) is 28.7 Å². The van der Waals surface area contributed by atoms with E-state index in [2.05, 4.69) is 20.8 Å². The quantitative estimate of drug-likeness (QED) is 0.929. The fourth-order valence-corrected chi connectivity index (χ4v) is 2.51. The van der Waals surface area contributed by atoms with Crippen molar-refractivity contribution in [1.29, 1.82) is 0 Å². The monoisotopic (exact) mass is 297 g/mol. The van der Waals surface area contributed by atoms with E-state index >= 15 is 0 Å². The molecule has 3 nitrogen and oxygen atoms in total. The minimum atomic E-state index is -0.737. The van der Waals surface area contributed by atoms with Gasteiger partial charge < -0.3 is 10.0 Å².